The van der Waals surface area contributed by atoms with E-state index in [4.69, 9.17) is 10.5 Å². The highest BCUT2D eigenvalue weighted by Crippen LogP contribution is 2.34. The Morgan fingerprint density at radius 2 is 2.15 bits per heavy atom. The summed E-state index contributed by atoms with van der Waals surface area (Å²) >= 11 is 3.66. The van der Waals surface area contributed by atoms with Crippen LogP contribution in [0.2, 0.25) is 0 Å². The van der Waals surface area contributed by atoms with Crippen LogP contribution in [0.3, 0.4) is 0 Å². The maximum Gasteiger partial charge on any atom is 0.0779 e. The highest BCUT2D eigenvalue weighted by Gasteiger charge is 2.34. The number of benzene rings is 1. The summed E-state index contributed by atoms with van der Waals surface area (Å²) in [7, 11) is 0. The van der Waals surface area contributed by atoms with Gasteiger partial charge in [0.1, 0.15) is 0 Å². The number of hydrogen-bond acceptors (Lipinski definition) is 3. The van der Waals surface area contributed by atoms with Crippen LogP contribution in [0.15, 0.2) is 22.7 Å². The van der Waals surface area contributed by atoms with Gasteiger partial charge in [0.2, 0.25) is 0 Å². The van der Waals surface area contributed by atoms with Crippen LogP contribution < -0.4 is 10.6 Å². The minimum absolute atomic E-state index is 0.0607. The van der Waals surface area contributed by atoms with Crippen molar-refractivity contribution >= 4 is 21.6 Å². The van der Waals surface area contributed by atoms with Gasteiger partial charge >= 0.3 is 0 Å². The number of nitrogens with two attached hydrogens (primary N) is 1. The average molecular weight is 339 g/mol. The van der Waals surface area contributed by atoms with E-state index < -0.39 is 0 Å². The summed E-state index contributed by atoms with van der Waals surface area (Å²) in [5.74, 6) is 0. The summed E-state index contributed by atoms with van der Waals surface area (Å²) in [4.78, 5) is 2.53. The van der Waals surface area contributed by atoms with Gasteiger partial charge in [-0.25, -0.2) is 0 Å². The van der Waals surface area contributed by atoms with Crippen LogP contribution in [0.4, 0.5) is 5.69 Å². The number of hydrogen-bond donors (Lipinski definition) is 1. The van der Waals surface area contributed by atoms with Crippen molar-refractivity contribution in [2.45, 2.75) is 50.8 Å². The van der Waals surface area contributed by atoms with Gasteiger partial charge < -0.3 is 15.4 Å². The zero-order valence-corrected chi connectivity index (χ0v) is 13.6. The summed E-state index contributed by atoms with van der Waals surface area (Å²) in [5, 5.41) is 0. The van der Waals surface area contributed by atoms with Crippen molar-refractivity contribution in [3.05, 3.63) is 28.2 Å². The number of ether oxygens (including phenoxy) is 1. The van der Waals surface area contributed by atoms with Gasteiger partial charge in [-0.05, 0) is 37.5 Å². The van der Waals surface area contributed by atoms with Crippen molar-refractivity contribution in [1.29, 1.82) is 0 Å². The summed E-state index contributed by atoms with van der Waals surface area (Å²) in [6.07, 6.45) is 5.50. The van der Waals surface area contributed by atoms with Crippen LogP contribution in [-0.4, -0.2) is 25.3 Å². The van der Waals surface area contributed by atoms with Gasteiger partial charge in [0.25, 0.3) is 0 Å². The molecule has 1 aliphatic heterocycles. The molecular weight excluding hydrogens is 316 g/mol. The first-order valence-electron chi connectivity index (χ1n) is 7.60. The minimum Gasteiger partial charge on any atom is -0.374 e. The monoisotopic (exact) mass is 338 g/mol. The molecule has 4 heteroatoms. The minimum atomic E-state index is 0.0607. The van der Waals surface area contributed by atoms with Crippen LogP contribution >= 0.6 is 15.9 Å². The van der Waals surface area contributed by atoms with Crippen LogP contribution in [0.1, 0.15) is 44.2 Å². The van der Waals surface area contributed by atoms with Gasteiger partial charge in [0, 0.05) is 22.7 Å². The molecule has 3 rings (SSSR count). The summed E-state index contributed by atoms with van der Waals surface area (Å²) < 4.78 is 7.07. The molecule has 2 fully saturated rings. The highest BCUT2D eigenvalue weighted by molar-refractivity contribution is 9.10. The molecule has 2 N–H and O–H groups in total. The maximum absolute atomic E-state index is 5.99. The third-order valence-corrected chi connectivity index (χ3v) is 5.23. The van der Waals surface area contributed by atoms with E-state index in [2.05, 4.69) is 39.0 Å². The Morgan fingerprint density at radius 3 is 2.90 bits per heavy atom. The van der Waals surface area contributed by atoms with Gasteiger partial charge in [-0.3, -0.25) is 0 Å². The lowest BCUT2D eigenvalue weighted by Crippen LogP contribution is -2.52. The molecule has 1 aliphatic carbocycles. The molecule has 1 heterocycles. The molecule has 1 saturated heterocycles. The van der Waals surface area contributed by atoms with Gasteiger partial charge in [0.05, 0.1) is 18.8 Å². The number of anilines is 1. The fourth-order valence-corrected chi connectivity index (χ4v) is 4.21. The molecule has 0 amide bonds. The summed E-state index contributed by atoms with van der Waals surface area (Å²) in [5.41, 5.74) is 8.45. The first kappa shape index (κ1) is 14.4. The quantitative estimate of drug-likeness (QED) is 0.894. The number of halogens is 1. The predicted molar refractivity (Wildman–Crippen MR) is 86.1 cm³/mol. The van der Waals surface area contributed by atoms with E-state index in [-0.39, 0.29) is 6.04 Å². The molecule has 3 unspecified atom stereocenters. The lowest BCUT2D eigenvalue weighted by molar-refractivity contribution is -0.00868. The van der Waals surface area contributed by atoms with E-state index in [0.29, 0.717) is 12.1 Å². The predicted octanol–water partition coefficient (Wildman–Crippen LogP) is 3.62. The van der Waals surface area contributed by atoms with Crippen LogP contribution in [-0.2, 0) is 4.74 Å². The largest absolute Gasteiger partial charge is 0.374 e. The zero-order chi connectivity index (χ0) is 14.1. The van der Waals surface area contributed by atoms with Crippen LogP contribution in [0.5, 0.6) is 0 Å². The molecule has 110 valence electrons. The summed E-state index contributed by atoms with van der Waals surface area (Å²) in [6.45, 7) is 3.85. The lowest BCUT2D eigenvalue weighted by Gasteiger charge is -2.45. The van der Waals surface area contributed by atoms with Crippen molar-refractivity contribution in [1.82, 2.24) is 0 Å². The van der Waals surface area contributed by atoms with E-state index in [1.807, 2.05) is 6.92 Å². The zero-order valence-electron chi connectivity index (χ0n) is 12.0. The maximum atomic E-state index is 5.99. The third kappa shape index (κ3) is 2.74. The Morgan fingerprint density at radius 1 is 1.35 bits per heavy atom. The van der Waals surface area contributed by atoms with Crippen molar-refractivity contribution in [2.24, 2.45) is 5.73 Å². The normalized spacial score (nSPS) is 28.1. The SMILES string of the molecule is CC(N)c1ccc(N2CCOC3CCCCC32)cc1Br. The molecule has 0 bridgehead atoms. The Kier molecular flexibility index (Phi) is 4.34. The molecule has 3 atom stereocenters. The Bertz CT molecular complexity index is 476. The fraction of sp³-hybridized carbons (Fsp3) is 0.625. The molecule has 20 heavy (non-hydrogen) atoms. The van der Waals surface area contributed by atoms with Gasteiger partial charge in [-0.15, -0.1) is 0 Å². The second-order valence-electron chi connectivity index (χ2n) is 5.95. The second-order valence-corrected chi connectivity index (χ2v) is 6.80. The highest BCUT2D eigenvalue weighted by atomic mass is 79.9. The first-order chi connectivity index (χ1) is 9.66. The van der Waals surface area contributed by atoms with Crippen molar-refractivity contribution in [2.75, 3.05) is 18.1 Å². The first-order valence-corrected chi connectivity index (χ1v) is 8.39. The number of rotatable bonds is 2. The molecule has 1 saturated carbocycles. The average Bonchev–Trinajstić information content (AvgIpc) is 2.46. The topological polar surface area (TPSA) is 38.5 Å². The van der Waals surface area contributed by atoms with Crippen molar-refractivity contribution in [3.8, 4) is 0 Å². The number of morpholine rings is 1. The Hall–Kier alpha value is -0.580. The lowest BCUT2D eigenvalue weighted by atomic mass is 9.89. The molecule has 0 radical (unpaired) electrons. The van der Waals surface area contributed by atoms with Crippen LogP contribution in [0, 0.1) is 0 Å². The molecule has 1 aromatic rings. The second kappa shape index (κ2) is 6.04. The van der Waals surface area contributed by atoms with E-state index in [1.54, 1.807) is 0 Å². The van der Waals surface area contributed by atoms with Crippen molar-refractivity contribution in [3.63, 3.8) is 0 Å². The number of nitrogens with zero attached hydrogens (tertiary/aromatic N) is 1. The molecule has 3 nitrogen and oxygen atoms in total. The van der Waals surface area contributed by atoms with E-state index in [0.717, 1.165) is 17.6 Å². The van der Waals surface area contributed by atoms with E-state index >= 15 is 0 Å². The summed E-state index contributed by atoms with van der Waals surface area (Å²) in [6, 6.07) is 7.18. The molecule has 2 aliphatic rings. The van der Waals surface area contributed by atoms with E-state index in [1.165, 1.54) is 36.9 Å². The smallest absolute Gasteiger partial charge is 0.0779 e. The third-order valence-electron chi connectivity index (χ3n) is 4.54. The number of fused-ring (bicyclic) bond motifs is 1. The molecular formula is C16H23BrN2O. The van der Waals surface area contributed by atoms with Gasteiger partial charge in [-0.2, -0.15) is 0 Å². The molecule has 0 spiro atoms. The van der Waals surface area contributed by atoms with Crippen LogP contribution in [0.25, 0.3) is 0 Å². The van der Waals surface area contributed by atoms with E-state index in [9.17, 15) is 0 Å². The van der Waals surface area contributed by atoms with Gasteiger partial charge in [-0.1, -0.05) is 34.8 Å². The Balaban J connectivity index is 1.85. The van der Waals surface area contributed by atoms with Crippen molar-refractivity contribution < 1.29 is 4.74 Å². The molecule has 0 aromatic heterocycles. The Labute approximate surface area is 129 Å². The standard InChI is InChI=1S/C16H23BrN2O/c1-11(18)13-7-6-12(10-14(13)17)19-8-9-20-16-5-3-2-4-15(16)19/h6-7,10-11,15-16H,2-5,8-9,18H2,1H3. The fourth-order valence-electron chi connectivity index (χ4n) is 3.48. The molecule has 1 aromatic carbocycles. The van der Waals surface area contributed by atoms with Gasteiger partial charge in [0.15, 0.2) is 0 Å².